The van der Waals surface area contributed by atoms with Crippen molar-refractivity contribution in [2.24, 2.45) is 5.84 Å². The molecule has 0 spiro atoms. The summed E-state index contributed by atoms with van der Waals surface area (Å²) in [6, 6.07) is 11.2. The summed E-state index contributed by atoms with van der Waals surface area (Å²) < 4.78 is 10.7. The first kappa shape index (κ1) is 12.2. The molecule has 3 N–H and O–H groups in total. The molecular formula is C13H15N3O2. The lowest BCUT2D eigenvalue weighted by Crippen LogP contribution is -2.08. The van der Waals surface area contributed by atoms with Crippen molar-refractivity contribution in [3.05, 3.63) is 48.2 Å². The van der Waals surface area contributed by atoms with Crippen LogP contribution in [0.15, 0.2) is 42.6 Å². The molecule has 1 aromatic heterocycles. The lowest BCUT2D eigenvalue weighted by molar-refractivity contribution is 0.306. The number of nitrogen functional groups attached to an aromatic ring is 1. The summed E-state index contributed by atoms with van der Waals surface area (Å²) in [5.74, 6) is 7.39. The number of ether oxygens (including phenoxy) is 2. The van der Waals surface area contributed by atoms with Crippen LogP contribution in [0.25, 0.3) is 0 Å². The van der Waals surface area contributed by atoms with Crippen LogP contribution in [0, 0.1) is 0 Å². The lowest BCUT2D eigenvalue weighted by Gasteiger charge is -2.08. The number of aromatic nitrogens is 1. The Labute approximate surface area is 106 Å². The summed E-state index contributed by atoms with van der Waals surface area (Å²) >= 11 is 0. The predicted molar refractivity (Wildman–Crippen MR) is 69.4 cm³/mol. The fraction of sp³-hybridized carbons (Fsp3) is 0.154. The molecule has 0 atom stereocenters. The van der Waals surface area contributed by atoms with Gasteiger partial charge < -0.3 is 14.9 Å². The summed E-state index contributed by atoms with van der Waals surface area (Å²) in [6.45, 7) is 0.484. The third-order valence-corrected chi connectivity index (χ3v) is 2.44. The Bertz CT molecular complexity index is 500. The maximum atomic E-state index is 5.63. The van der Waals surface area contributed by atoms with E-state index >= 15 is 0 Å². The van der Waals surface area contributed by atoms with Crippen LogP contribution in [0.4, 0.5) is 5.82 Å². The third-order valence-electron chi connectivity index (χ3n) is 2.44. The van der Waals surface area contributed by atoms with E-state index in [1.54, 1.807) is 25.4 Å². The number of pyridine rings is 1. The molecule has 0 aliphatic carbocycles. The average molecular weight is 245 g/mol. The van der Waals surface area contributed by atoms with E-state index in [9.17, 15) is 0 Å². The van der Waals surface area contributed by atoms with Gasteiger partial charge in [-0.15, -0.1) is 0 Å². The monoisotopic (exact) mass is 245 g/mol. The summed E-state index contributed by atoms with van der Waals surface area (Å²) in [5, 5.41) is 0. The van der Waals surface area contributed by atoms with Crippen molar-refractivity contribution in [3.8, 4) is 11.5 Å². The van der Waals surface area contributed by atoms with Crippen LogP contribution in [-0.2, 0) is 6.61 Å². The first-order chi connectivity index (χ1) is 8.81. The van der Waals surface area contributed by atoms with Crippen LogP contribution < -0.4 is 20.7 Å². The number of nitrogens with zero attached hydrogens (tertiary/aromatic N) is 1. The zero-order valence-electron chi connectivity index (χ0n) is 10.1. The van der Waals surface area contributed by atoms with E-state index in [0.717, 1.165) is 11.3 Å². The van der Waals surface area contributed by atoms with E-state index in [0.29, 0.717) is 18.2 Å². The minimum Gasteiger partial charge on any atom is -0.497 e. The Balaban J connectivity index is 1.97. The van der Waals surface area contributed by atoms with Crippen molar-refractivity contribution in [2.75, 3.05) is 12.5 Å². The Hall–Kier alpha value is -2.27. The fourth-order valence-electron chi connectivity index (χ4n) is 1.47. The Kier molecular flexibility index (Phi) is 3.98. The number of anilines is 1. The number of benzene rings is 1. The maximum absolute atomic E-state index is 5.63. The molecule has 1 aromatic carbocycles. The molecule has 0 saturated heterocycles. The topological polar surface area (TPSA) is 69.4 Å². The van der Waals surface area contributed by atoms with E-state index in [2.05, 4.69) is 10.4 Å². The second-order valence-corrected chi connectivity index (χ2v) is 3.66. The molecule has 2 aromatic rings. The molecule has 5 heteroatoms. The molecule has 0 unspecified atom stereocenters. The van der Waals surface area contributed by atoms with Crippen molar-refractivity contribution in [1.82, 2.24) is 4.98 Å². The molecule has 0 saturated carbocycles. The second kappa shape index (κ2) is 5.88. The first-order valence-electron chi connectivity index (χ1n) is 5.50. The molecule has 0 fully saturated rings. The Morgan fingerprint density at radius 1 is 1.17 bits per heavy atom. The molecule has 2 rings (SSSR count). The van der Waals surface area contributed by atoms with Gasteiger partial charge in [0.05, 0.1) is 7.11 Å². The summed E-state index contributed by atoms with van der Waals surface area (Å²) in [6.07, 6.45) is 1.64. The number of methoxy groups -OCH3 is 1. The molecule has 0 aliphatic heterocycles. The third kappa shape index (κ3) is 3.11. The molecule has 5 nitrogen and oxygen atoms in total. The maximum Gasteiger partial charge on any atom is 0.143 e. The second-order valence-electron chi connectivity index (χ2n) is 3.66. The van der Waals surface area contributed by atoms with Gasteiger partial charge in [0.25, 0.3) is 0 Å². The zero-order valence-corrected chi connectivity index (χ0v) is 10.1. The molecule has 0 bridgehead atoms. The van der Waals surface area contributed by atoms with Gasteiger partial charge in [-0.05, 0) is 23.8 Å². The highest BCUT2D eigenvalue weighted by Gasteiger charge is 1.98. The number of nitrogens with one attached hydrogen (secondary N) is 1. The van der Waals surface area contributed by atoms with Crippen molar-refractivity contribution >= 4 is 5.82 Å². The fourth-order valence-corrected chi connectivity index (χ4v) is 1.47. The van der Waals surface area contributed by atoms with Gasteiger partial charge in [0.15, 0.2) is 0 Å². The van der Waals surface area contributed by atoms with E-state index in [4.69, 9.17) is 15.3 Å². The van der Waals surface area contributed by atoms with Gasteiger partial charge in [-0.1, -0.05) is 12.1 Å². The van der Waals surface area contributed by atoms with E-state index in [1.807, 2.05) is 24.3 Å². The number of nitrogens with two attached hydrogens (primary N) is 1. The van der Waals surface area contributed by atoms with Crippen LogP contribution in [-0.4, -0.2) is 12.1 Å². The van der Waals surface area contributed by atoms with Crippen molar-refractivity contribution in [3.63, 3.8) is 0 Å². The summed E-state index contributed by atoms with van der Waals surface area (Å²) in [4.78, 5) is 4.00. The van der Waals surface area contributed by atoms with Crippen molar-refractivity contribution < 1.29 is 9.47 Å². The van der Waals surface area contributed by atoms with Gasteiger partial charge in [-0.25, -0.2) is 10.8 Å². The molecule has 18 heavy (non-hydrogen) atoms. The quantitative estimate of drug-likeness (QED) is 0.622. The molecule has 0 aliphatic rings. The van der Waals surface area contributed by atoms with Gasteiger partial charge in [-0.2, -0.15) is 0 Å². The lowest BCUT2D eigenvalue weighted by atomic mass is 10.2. The van der Waals surface area contributed by atoms with E-state index in [1.165, 1.54) is 0 Å². The molecule has 0 radical (unpaired) electrons. The highest BCUT2D eigenvalue weighted by atomic mass is 16.5. The van der Waals surface area contributed by atoms with Crippen LogP contribution in [0.1, 0.15) is 5.56 Å². The molecule has 1 heterocycles. The average Bonchev–Trinajstić information content (AvgIpc) is 2.46. The number of hydrazine groups is 1. The van der Waals surface area contributed by atoms with Crippen LogP contribution >= 0.6 is 0 Å². The number of hydrogen-bond donors (Lipinski definition) is 2. The predicted octanol–water partition coefficient (Wildman–Crippen LogP) is 1.95. The highest BCUT2D eigenvalue weighted by molar-refractivity contribution is 5.39. The Morgan fingerprint density at radius 2 is 1.94 bits per heavy atom. The van der Waals surface area contributed by atoms with Gasteiger partial charge in [0.1, 0.15) is 23.9 Å². The zero-order chi connectivity index (χ0) is 12.8. The van der Waals surface area contributed by atoms with Gasteiger partial charge in [0, 0.05) is 12.3 Å². The SMILES string of the molecule is COc1ccc(COc2ccnc(NN)c2)cc1. The van der Waals surface area contributed by atoms with Gasteiger partial charge >= 0.3 is 0 Å². The summed E-state index contributed by atoms with van der Waals surface area (Å²) in [7, 11) is 1.64. The number of hydrogen-bond acceptors (Lipinski definition) is 5. The standard InChI is InChI=1S/C13H15N3O2/c1-17-11-4-2-10(3-5-11)9-18-12-6-7-15-13(8-12)16-14/h2-8H,9,14H2,1H3,(H,15,16). The van der Waals surface area contributed by atoms with Gasteiger partial charge in [-0.3, -0.25) is 0 Å². The van der Waals surface area contributed by atoms with Crippen molar-refractivity contribution in [1.29, 1.82) is 0 Å². The van der Waals surface area contributed by atoms with Crippen molar-refractivity contribution in [2.45, 2.75) is 6.61 Å². The smallest absolute Gasteiger partial charge is 0.143 e. The molecule has 94 valence electrons. The molecular weight excluding hydrogens is 230 g/mol. The van der Waals surface area contributed by atoms with Crippen LogP contribution in [0.3, 0.4) is 0 Å². The van der Waals surface area contributed by atoms with E-state index in [-0.39, 0.29) is 0 Å². The van der Waals surface area contributed by atoms with Crippen LogP contribution in [0.2, 0.25) is 0 Å². The molecule has 0 amide bonds. The van der Waals surface area contributed by atoms with E-state index < -0.39 is 0 Å². The number of rotatable bonds is 5. The highest BCUT2D eigenvalue weighted by Crippen LogP contribution is 2.17. The largest absolute Gasteiger partial charge is 0.497 e. The minimum absolute atomic E-state index is 0.484. The normalized spacial score (nSPS) is 9.89. The summed E-state index contributed by atoms with van der Waals surface area (Å²) in [5.41, 5.74) is 3.54. The Morgan fingerprint density at radius 3 is 2.61 bits per heavy atom. The van der Waals surface area contributed by atoms with Crippen LogP contribution in [0.5, 0.6) is 11.5 Å². The minimum atomic E-state index is 0.484. The van der Waals surface area contributed by atoms with Gasteiger partial charge in [0.2, 0.25) is 0 Å². The first-order valence-corrected chi connectivity index (χ1v) is 5.50.